The fourth-order valence-corrected chi connectivity index (χ4v) is 4.14. The maximum absolute atomic E-state index is 12.2. The van der Waals surface area contributed by atoms with E-state index in [-0.39, 0.29) is 17.4 Å². The molecule has 0 aliphatic heterocycles. The molecule has 94 valence electrons. The number of nitriles is 1. The molecule has 0 amide bonds. The van der Waals surface area contributed by atoms with Crippen molar-refractivity contribution < 1.29 is 13.5 Å². The summed E-state index contributed by atoms with van der Waals surface area (Å²) >= 11 is 0.947. The SMILES string of the molecule is CCCN(CCO)S(=O)(=O)c1ccc(C#N)s1. The Kier molecular flexibility index (Phi) is 5.08. The first-order valence-electron chi connectivity index (χ1n) is 5.17. The van der Waals surface area contributed by atoms with E-state index >= 15 is 0 Å². The van der Waals surface area contributed by atoms with Crippen molar-refractivity contribution in [2.45, 2.75) is 17.6 Å². The average Bonchev–Trinajstić information content (AvgIpc) is 2.78. The van der Waals surface area contributed by atoms with Gasteiger partial charge in [-0.05, 0) is 18.6 Å². The van der Waals surface area contributed by atoms with Crippen LogP contribution in [-0.4, -0.2) is 37.5 Å². The number of rotatable bonds is 6. The molecule has 0 aromatic carbocycles. The van der Waals surface area contributed by atoms with Gasteiger partial charge in [0.1, 0.15) is 15.2 Å². The highest BCUT2D eigenvalue weighted by atomic mass is 32.2. The quantitative estimate of drug-likeness (QED) is 0.839. The van der Waals surface area contributed by atoms with Crippen molar-refractivity contribution in [3.63, 3.8) is 0 Å². The van der Waals surface area contributed by atoms with E-state index < -0.39 is 10.0 Å². The van der Waals surface area contributed by atoms with Gasteiger partial charge in [0.05, 0.1) is 6.61 Å². The molecule has 0 fully saturated rings. The van der Waals surface area contributed by atoms with Gasteiger partial charge >= 0.3 is 0 Å². The number of aliphatic hydroxyl groups excluding tert-OH is 1. The van der Waals surface area contributed by atoms with Crippen LogP contribution in [0.2, 0.25) is 0 Å². The van der Waals surface area contributed by atoms with E-state index in [1.54, 1.807) is 0 Å². The number of aliphatic hydroxyl groups is 1. The molecule has 0 aliphatic carbocycles. The second-order valence-corrected chi connectivity index (χ2v) is 6.61. The van der Waals surface area contributed by atoms with Gasteiger partial charge < -0.3 is 5.11 Å². The smallest absolute Gasteiger partial charge is 0.252 e. The van der Waals surface area contributed by atoms with Gasteiger partial charge in [0.15, 0.2) is 0 Å². The lowest BCUT2D eigenvalue weighted by Crippen LogP contribution is -2.33. The standard InChI is InChI=1S/C10H14N2O3S2/c1-2-5-12(6-7-13)17(14,15)10-4-3-9(8-11)16-10/h3-4,13H,2,5-7H2,1H3. The lowest BCUT2D eigenvalue weighted by atomic mass is 10.5. The maximum atomic E-state index is 12.2. The van der Waals surface area contributed by atoms with Crippen molar-refractivity contribution in [1.82, 2.24) is 4.31 Å². The van der Waals surface area contributed by atoms with Crippen LogP contribution in [0.3, 0.4) is 0 Å². The predicted molar refractivity (Wildman–Crippen MR) is 65.2 cm³/mol. The van der Waals surface area contributed by atoms with Crippen molar-refractivity contribution in [2.24, 2.45) is 0 Å². The molecule has 0 atom stereocenters. The minimum Gasteiger partial charge on any atom is -0.395 e. The van der Waals surface area contributed by atoms with Crippen molar-refractivity contribution in [3.8, 4) is 6.07 Å². The molecule has 0 unspecified atom stereocenters. The number of nitrogens with zero attached hydrogens (tertiary/aromatic N) is 2. The Morgan fingerprint density at radius 2 is 2.18 bits per heavy atom. The highest BCUT2D eigenvalue weighted by Crippen LogP contribution is 2.24. The van der Waals surface area contributed by atoms with Gasteiger partial charge in [0.25, 0.3) is 10.0 Å². The second kappa shape index (κ2) is 6.12. The molecule has 0 spiro atoms. The van der Waals surface area contributed by atoms with Crippen LogP contribution < -0.4 is 0 Å². The van der Waals surface area contributed by atoms with Crippen LogP contribution in [0.15, 0.2) is 16.3 Å². The lowest BCUT2D eigenvalue weighted by molar-refractivity contribution is 0.254. The van der Waals surface area contributed by atoms with Crippen molar-refractivity contribution in [2.75, 3.05) is 19.7 Å². The minimum atomic E-state index is -3.57. The summed E-state index contributed by atoms with van der Waals surface area (Å²) in [7, 11) is -3.57. The fourth-order valence-electron chi connectivity index (χ4n) is 1.36. The zero-order chi connectivity index (χ0) is 12.9. The van der Waals surface area contributed by atoms with Crippen molar-refractivity contribution in [3.05, 3.63) is 17.0 Å². The third-order valence-electron chi connectivity index (χ3n) is 2.11. The van der Waals surface area contributed by atoms with Crippen LogP contribution in [0.4, 0.5) is 0 Å². The number of hydrogen-bond donors (Lipinski definition) is 1. The Morgan fingerprint density at radius 3 is 2.65 bits per heavy atom. The zero-order valence-electron chi connectivity index (χ0n) is 9.46. The van der Waals surface area contributed by atoms with E-state index in [1.165, 1.54) is 16.4 Å². The molecule has 1 heterocycles. The van der Waals surface area contributed by atoms with Crippen LogP contribution in [0.25, 0.3) is 0 Å². The third kappa shape index (κ3) is 3.26. The first-order chi connectivity index (χ1) is 8.06. The van der Waals surface area contributed by atoms with Crippen LogP contribution in [0.1, 0.15) is 18.2 Å². The van der Waals surface area contributed by atoms with E-state index in [0.29, 0.717) is 17.8 Å². The van der Waals surface area contributed by atoms with Crippen LogP contribution in [0, 0.1) is 11.3 Å². The molecule has 1 aromatic rings. The molecule has 0 bridgehead atoms. The van der Waals surface area contributed by atoms with Crippen molar-refractivity contribution >= 4 is 21.4 Å². The summed E-state index contributed by atoms with van der Waals surface area (Å²) in [5.41, 5.74) is 0. The summed E-state index contributed by atoms with van der Waals surface area (Å²) < 4.78 is 25.7. The van der Waals surface area contributed by atoms with E-state index in [0.717, 1.165) is 11.3 Å². The lowest BCUT2D eigenvalue weighted by Gasteiger charge is -2.19. The molecule has 0 saturated carbocycles. The first kappa shape index (κ1) is 14.1. The molecule has 5 nitrogen and oxygen atoms in total. The normalized spacial score (nSPS) is 11.6. The zero-order valence-corrected chi connectivity index (χ0v) is 11.1. The van der Waals surface area contributed by atoms with Gasteiger partial charge in [-0.25, -0.2) is 8.42 Å². The van der Waals surface area contributed by atoms with E-state index in [4.69, 9.17) is 10.4 Å². The molecule has 7 heteroatoms. The molecule has 1 N–H and O–H groups in total. The Balaban J connectivity index is 3.03. The van der Waals surface area contributed by atoms with Crippen LogP contribution >= 0.6 is 11.3 Å². The minimum absolute atomic E-state index is 0.0793. The van der Waals surface area contributed by atoms with Gasteiger partial charge in [-0.15, -0.1) is 11.3 Å². The summed E-state index contributed by atoms with van der Waals surface area (Å²) in [6.45, 7) is 2.10. The van der Waals surface area contributed by atoms with E-state index in [9.17, 15) is 8.42 Å². The Labute approximate surface area is 105 Å². The van der Waals surface area contributed by atoms with Gasteiger partial charge in [-0.2, -0.15) is 9.57 Å². The highest BCUT2D eigenvalue weighted by molar-refractivity contribution is 7.91. The Hall–Kier alpha value is -0.940. The number of hydrogen-bond acceptors (Lipinski definition) is 5. The molecule has 1 rings (SSSR count). The van der Waals surface area contributed by atoms with E-state index in [1.807, 2.05) is 13.0 Å². The molecular weight excluding hydrogens is 260 g/mol. The summed E-state index contributed by atoms with van der Waals surface area (Å²) in [5.74, 6) is 0. The largest absolute Gasteiger partial charge is 0.395 e. The van der Waals surface area contributed by atoms with E-state index in [2.05, 4.69) is 0 Å². The van der Waals surface area contributed by atoms with Crippen molar-refractivity contribution in [1.29, 1.82) is 5.26 Å². The van der Waals surface area contributed by atoms with Crippen LogP contribution in [-0.2, 0) is 10.0 Å². The van der Waals surface area contributed by atoms with Gasteiger partial charge in [-0.1, -0.05) is 6.92 Å². The maximum Gasteiger partial charge on any atom is 0.252 e. The van der Waals surface area contributed by atoms with Gasteiger partial charge in [0.2, 0.25) is 0 Å². The third-order valence-corrected chi connectivity index (χ3v) is 5.46. The summed E-state index contributed by atoms with van der Waals surface area (Å²) in [6.07, 6.45) is 0.676. The topological polar surface area (TPSA) is 81.4 Å². The summed E-state index contributed by atoms with van der Waals surface area (Å²) in [5, 5.41) is 17.5. The molecule has 1 aromatic heterocycles. The summed E-state index contributed by atoms with van der Waals surface area (Å²) in [4.78, 5) is 0.365. The number of thiophene rings is 1. The Morgan fingerprint density at radius 1 is 1.47 bits per heavy atom. The summed E-state index contributed by atoms with van der Waals surface area (Å²) in [6, 6.07) is 4.82. The number of sulfonamides is 1. The van der Waals surface area contributed by atoms with Gasteiger partial charge in [-0.3, -0.25) is 0 Å². The second-order valence-electron chi connectivity index (χ2n) is 3.36. The first-order valence-corrected chi connectivity index (χ1v) is 7.42. The predicted octanol–water partition coefficient (Wildman–Crippen LogP) is 1.01. The fraction of sp³-hybridized carbons (Fsp3) is 0.500. The monoisotopic (exact) mass is 274 g/mol. The molecule has 17 heavy (non-hydrogen) atoms. The molecule has 0 radical (unpaired) electrons. The molecular formula is C10H14N2O3S2. The average molecular weight is 274 g/mol. The molecule has 0 aliphatic rings. The van der Waals surface area contributed by atoms with Gasteiger partial charge in [0, 0.05) is 13.1 Å². The molecule has 0 saturated heterocycles. The van der Waals surface area contributed by atoms with Crippen LogP contribution in [0.5, 0.6) is 0 Å². The highest BCUT2D eigenvalue weighted by Gasteiger charge is 2.24. The Bertz CT molecular complexity index is 496.